The van der Waals surface area contributed by atoms with Crippen LogP contribution in [-0.2, 0) is 0 Å². The summed E-state index contributed by atoms with van der Waals surface area (Å²) >= 11 is 0. The largest absolute Gasteiger partial charge is 0.398 e. The molecule has 18 heavy (non-hydrogen) atoms. The van der Waals surface area contributed by atoms with Crippen molar-refractivity contribution in [2.75, 3.05) is 23.7 Å². The second-order valence-electron chi connectivity index (χ2n) is 4.63. The Kier molecular flexibility index (Phi) is 5.02. The quantitative estimate of drug-likeness (QED) is 0.805. The first kappa shape index (κ1) is 13.9. The Bertz CT molecular complexity index is 480. The number of hydrogen-bond donors (Lipinski definition) is 1. The minimum Gasteiger partial charge on any atom is -0.398 e. The Morgan fingerprint density at radius 2 is 2.06 bits per heavy atom. The number of hydrogen-bond acceptors (Lipinski definition) is 4. The predicted octanol–water partition coefficient (Wildman–Crippen LogP) is 2.52. The van der Waals surface area contributed by atoms with Gasteiger partial charge in [0.25, 0.3) is 0 Å². The Morgan fingerprint density at radius 1 is 1.33 bits per heavy atom. The lowest BCUT2D eigenvalue weighted by atomic mass is 10.1. The van der Waals surface area contributed by atoms with Crippen LogP contribution in [0.25, 0.3) is 0 Å². The second kappa shape index (κ2) is 6.51. The zero-order chi connectivity index (χ0) is 13.5. The van der Waals surface area contributed by atoms with Crippen LogP contribution in [0.4, 0.5) is 11.4 Å². The molecule has 0 spiro atoms. The standard InChI is InChI=1S/C14H18N4/c1-11(2)10-18(7-3-6-15)13-5-4-12(9-16)14(17)8-13/h4-5,8,11H,3,7,10,17H2,1-2H3. The number of nitriles is 2. The van der Waals surface area contributed by atoms with Crippen molar-refractivity contribution in [1.29, 1.82) is 10.5 Å². The van der Waals surface area contributed by atoms with Crippen LogP contribution in [0.3, 0.4) is 0 Å². The molecule has 0 saturated heterocycles. The van der Waals surface area contributed by atoms with Gasteiger partial charge in [-0.05, 0) is 24.1 Å². The first-order valence-electron chi connectivity index (χ1n) is 6.00. The molecule has 1 aromatic carbocycles. The van der Waals surface area contributed by atoms with Gasteiger partial charge in [0.05, 0.1) is 23.7 Å². The fourth-order valence-corrected chi connectivity index (χ4v) is 1.80. The fraction of sp³-hybridized carbons (Fsp3) is 0.429. The van der Waals surface area contributed by atoms with Gasteiger partial charge >= 0.3 is 0 Å². The molecule has 0 aliphatic rings. The number of rotatable bonds is 5. The monoisotopic (exact) mass is 242 g/mol. The van der Waals surface area contributed by atoms with Crippen molar-refractivity contribution < 1.29 is 0 Å². The van der Waals surface area contributed by atoms with Crippen LogP contribution < -0.4 is 10.6 Å². The Balaban J connectivity index is 2.95. The lowest BCUT2D eigenvalue weighted by Crippen LogP contribution is -2.28. The summed E-state index contributed by atoms with van der Waals surface area (Å²) in [4.78, 5) is 2.13. The van der Waals surface area contributed by atoms with Crippen LogP contribution in [-0.4, -0.2) is 13.1 Å². The van der Waals surface area contributed by atoms with Crippen LogP contribution in [0.1, 0.15) is 25.8 Å². The summed E-state index contributed by atoms with van der Waals surface area (Å²) in [7, 11) is 0. The van der Waals surface area contributed by atoms with Gasteiger partial charge in [0.15, 0.2) is 0 Å². The van der Waals surface area contributed by atoms with Crippen LogP contribution in [0.2, 0.25) is 0 Å². The summed E-state index contributed by atoms with van der Waals surface area (Å²) in [6, 6.07) is 9.62. The lowest BCUT2D eigenvalue weighted by molar-refractivity contribution is 0.612. The average molecular weight is 242 g/mol. The van der Waals surface area contributed by atoms with E-state index in [0.717, 1.165) is 12.2 Å². The minimum atomic E-state index is 0.479. The van der Waals surface area contributed by atoms with Crippen LogP contribution in [0, 0.1) is 28.6 Å². The average Bonchev–Trinajstić information content (AvgIpc) is 2.34. The molecule has 0 aliphatic heterocycles. The first-order valence-corrected chi connectivity index (χ1v) is 6.00. The third-order valence-electron chi connectivity index (χ3n) is 2.60. The summed E-state index contributed by atoms with van der Waals surface area (Å²) in [6.07, 6.45) is 0.479. The molecule has 0 amide bonds. The van der Waals surface area contributed by atoms with Gasteiger partial charge in [0.2, 0.25) is 0 Å². The Morgan fingerprint density at radius 3 is 2.56 bits per heavy atom. The molecule has 1 aromatic rings. The van der Waals surface area contributed by atoms with Crippen LogP contribution in [0.15, 0.2) is 18.2 Å². The summed E-state index contributed by atoms with van der Waals surface area (Å²) in [6.45, 7) is 5.81. The molecule has 0 unspecified atom stereocenters. The second-order valence-corrected chi connectivity index (χ2v) is 4.63. The summed E-state index contributed by atoms with van der Waals surface area (Å²) < 4.78 is 0. The highest BCUT2D eigenvalue weighted by Gasteiger charge is 2.10. The lowest BCUT2D eigenvalue weighted by Gasteiger charge is -2.26. The van der Waals surface area contributed by atoms with Gasteiger partial charge in [-0.2, -0.15) is 10.5 Å². The van der Waals surface area contributed by atoms with Gasteiger partial charge in [-0.1, -0.05) is 13.8 Å². The molecule has 0 fully saturated rings. The number of nitrogen functional groups attached to an aromatic ring is 1. The van der Waals surface area contributed by atoms with E-state index < -0.39 is 0 Å². The highest BCUT2D eigenvalue weighted by molar-refractivity contribution is 5.63. The van der Waals surface area contributed by atoms with Crippen molar-refractivity contribution >= 4 is 11.4 Å². The highest BCUT2D eigenvalue weighted by atomic mass is 15.1. The van der Waals surface area contributed by atoms with Gasteiger partial charge < -0.3 is 10.6 Å². The maximum atomic E-state index is 8.85. The zero-order valence-corrected chi connectivity index (χ0v) is 10.8. The molecule has 94 valence electrons. The molecule has 0 bridgehead atoms. The van der Waals surface area contributed by atoms with Crippen molar-refractivity contribution in [2.24, 2.45) is 5.92 Å². The predicted molar refractivity (Wildman–Crippen MR) is 72.9 cm³/mol. The van der Waals surface area contributed by atoms with Gasteiger partial charge in [-0.25, -0.2) is 0 Å². The molecule has 0 aromatic heterocycles. The molecule has 4 heteroatoms. The van der Waals surface area contributed by atoms with E-state index in [-0.39, 0.29) is 0 Å². The Hall–Kier alpha value is -2.20. The van der Waals surface area contributed by atoms with Crippen molar-refractivity contribution in [3.63, 3.8) is 0 Å². The van der Waals surface area contributed by atoms with E-state index in [4.69, 9.17) is 16.3 Å². The number of anilines is 2. The van der Waals surface area contributed by atoms with Crippen molar-refractivity contribution in [1.82, 2.24) is 0 Å². The third kappa shape index (κ3) is 3.68. The van der Waals surface area contributed by atoms with Crippen molar-refractivity contribution in [3.8, 4) is 12.1 Å². The normalized spacial score (nSPS) is 9.83. The Labute approximate surface area is 108 Å². The molecule has 1 rings (SSSR count). The third-order valence-corrected chi connectivity index (χ3v) is 2.60. The zero-order valence-electron chi connectivity index (χ0n) is 10.8. The molecular weight excluding hydrogens is 224 g/mol. The van der Waals surface area contributed by atoms with Gasteiger partial charge in [0.1, 0.15) is 6.07 Å². The number of nitrogens with two attached hydrogens (primary N) is 1. The minimum absolute atomic E-state index is 0.479. The molecule has 0 atom stereocenters. The van der Waals surface area contributed by atoms with E-state index in [2.05, 4.69) is 24.8 Å². The summed E-state index contributed by atoms with van der Waals surface area (Å²) in [5.41, 5.74) is 7.76. The molecule has 2 N–H and O–H groups in total. The van der Waals surface area contributed by atoms with Crippen molar-refractivity contribution in [3.05, 3.63) is 23.8 Å². The number of nitrogens with zero attached hydrogens (tertiary/aromatic N) is 3. The highest BCUT2D eigenvalue weighted by Crippen LogP contribution is 2.22. The molecular formula is C14H18N4. The topological polar surface area (TPSA) is 76.8 Å². The van der Waals surface area contributed by atoms with Crippen LogP contribution in [0.5, 0.6) is 0 Å². The molecule has 0 heterocycles. The van der Waals surface area contributed by atoms with E-state index in [1.54, 1.807) is 12.1 Å². The van der Waals surface area contributed by atoms with Crippen molar-refractivity contribution in [2.45, 2.75) is 20.3 Å². The van der Waals surface area contributed by atoms with Gasteiger partial charge in [-0.15, -0.1) is 0 Å². The smallest absolute Gasteiger partial charge is 0.101 e. The van der Waals surface area contributed by atoms with Crippen LogP contribution >= 0.6 is 0 Å². The fourth-order valence-electron chi connectivity index (χ4n) is 1.80. The maximum Gasteiger partial charge on any atom is 0.101 e. The molecule has 0 saturated carbocycles. The first-order chi connectivity index (χ1) is 8.58. The molecule has 4 nitrogen and oxygen atoms in total. The summed E-state index contributed by atoms with van der Waals surface area (Å²) in [5, 5.41) is 17.5. The number of benzene rings is 1. The molecule has 0 aliphatic carbocycles. The van der Waals surface area contributed by atoms with E-state index >= 15 is 0 Å². The SMILES string of the molecule is CC(C)CN(CCC#N)c1ccc(C#N)c(N)c1. The molecule has 0 radical (unpaired) electrons. The van der Waals surface area contributed by atoms with E-state index in [1.807, 2.05) is 12.1 Å². The van der Waals surface area contributed by atoms with E-state index in [9.17, 15) is 0 Å². The van der Waals surface area contributed by atoms with Gasteiger partial charge in [-0.3, -0.25) is 0 Å². The maximum absolute atomic E-state index is 8.85. The summed E-state index contributed by atoms with van der Waals surface area (Å²) in [5.74, 6) is 0.501. The van der Waals surface area contributed by atoms with E-state index in [1.165, 1.54) is 0 Å². The van der Waals surface area contributed by atoms with E-state index in [0.29, 0.717) is 30.1 Å². The van der Waals surface area contributed by atoms with Gasteiger partial charge in [0, 0.05) is 18.8 Å².